The number of imide groups is 2. The molecule has 0 spiro atoms. The first-order valence-corrected chi connectivity index (χ1v) is 6.34. The molecule has 0 aromatic heterocycles. The fourth-order valence-electron chi connectivity index (χ4n) is 1.93. The van der Waals surface area contributed by atoms with E-state index in [1.54, 1.807) is 24.1 Å². The maximum absolute atomic E-state index is 11.7. The Labute approximate surface area is 121 Å². The Kier molecular flexibility index (Phi) is 4.06. The number of nitrogens with zero attached hydrogens (tertiary/aromatic N) is 3. The molecule has 1 aliphatic rings. The molecule has 106 valence electrons. The largest absolute Gasteiger partial charge is 0.335 e. The Bertz CT molecular complexity index is 558. The van der Waals surface area contributed by atoms with Gasteiger partial charge >= 0.3 is 17.8 Å². The first-order chi connectivity index (χ1) is 9.40. The van der Waals surface area contributed by atoms with Crippen LogP contribution in [-0.2, 0) is 16.1 Å². The molecule has 2 rings (SSSR count). The minimum atomic E-state index is -0.796. The van der Waals surface area contributed by atoms with E-state index in [0.29, 0.717) is 11.6 Å². The molecule has 7 heteroatoms. The minimum absolute atomic E-state index is 0.0658. The van der Waals surface area contributed by atoms with Gasteiger partial charge in [-0.05, 0) is 24.7 Å². The van der Waals surface area contributed by atoms with Crippen LogP contribution in [0.5, 0.6) is 0 Å². The third-order valence-corrected chi connectivity index (χ3v) is 3.25. The van der Waals surface area contributed by atoms with Gasteiger partial charge in [-0.15, -0.1) is 0 Å². The van der Waals surface area contributed by atoms with E-state index in [0.717, 1.165) is 15.4 Å². The molecule has 0 atom stereocenters. The highest BCUT2D eigenvalue weighted by molar-refractivity contribution is 6.44. The molecule has 20 heavy (non-hydrogen) atoms. The normalized spacial score (nSPS) is 15.7. The van der Waals surface area contributed by atoms with Gasteiger partial charge < -0.3 is 0 Å². The summed E-state index contributed by atoms with van der Waals surface area (Å²) in [5.74, 6) is -1.59. The molecular formula is C13H14ClN3O3. The number of carbonyl (C=O) groups excluding carboxylic acids is 3. The molecule has 1 fully saturated rings. The summed E-state index contributed by atoms with van der Waals surface area (Å²) in [7, 11) is 3.06. The summed E-state index contributed by atoms with van der Waals surface area (Å²) in [6.07, 6.45) is 0. The summed E-state index contributed by atoms with van der Waals surface area (Å²) in [5, 5.41) is 0.647. The van der Waals surface area contributed by atoms with Gasteiger partial charge in [-0.1, -0.05) is 23.7 Å². The zero-order valence-corrected chi connectivity index (χ0v) is 11.9. The average molecular weight is 296 g/mol. The molecule has 0 N–H and O–H groups in total. The van der Waals surface area contributed by atoms with Crippen LogP contribution in [0.4, 0.5) is 4.79 Å². The molecule has 6 nitrogen and oxygen atoms in total. The molecule has 0 unspecified atom stereocenters. The van der Waals surface area contributed by atoms with Crippen molar-refractivity contribution in [1.29, 1.82) is 0 Å². The van der Waals surface area contributed by atoms with Crippen molar-refractivity contribution in [2.75, 3.05) is 20.8 Å². The summed E-state index contributed by atoms with van der Waals surface area (Å²) in [5.41, 5.74) is 0.996. The number of hydrogen-bond donors (Lipinski definition) is 0. The third kappa shape index (κ3) is 2.81. The van der Waals surface area contributed by atoms with Crippen LogP contribution >= 0.6 is 11.6 Å². The predicted octanol–water partition coefficient (Wildman–Crippen LogP) is 1.15. The van der Waals surface area contributed by atoms with Crippen LogP contribution in [-0.4, -0.2) is 53.3 Å². The number of carbonyl (C=O) groups is 3. The highest BCUT2D eigenvalue weighted by Gasteiger charge is 2.42. The number of likely N-dealkylation sites (N-methyl/N-ethyl adjacent to an activating group) is 1. The Morgan fingerprint density at radius 2 is 1.70 bits per heavy atom. The number of halogens is 1. The number of rotatable bonds is 4. The first kappa shape index (κ1) is 14.5. The van der Waals surface area contributed by atoms with Crippen molar-refractivity contribution in [1.82, 2.24) is 14.7 Å². The lowest BCUT2D eigenvalue weighted by molar-refractivity contribution is -0.143. The van der Waals surface area contributed by atoms with E-state index in [-0.39, 0.29) is 6.67 Å². The summed E-state index contributed by atoms with van der Waals surface area (Å²) in [6.45, 7) is 0.600. The molecule has 1 saturated heterocycles. The van der Waals surface area contributed by atoms with Gasteiger partial charge in [0.1, 0.15) is 0 Å². The molecule has 1 aliphatic heterocycles. The average Bonchev–Trinajstić information content (AvgIpc) is 2.59. The second-order valence-electron chi connectivity index (χ2n) is 4.66. The second kappa shape index (κ2) is 5.60. The van der Waals surface area contributed by atoms with Crippen molar-refractivity contribution < 1.29 is 14.4 Å². The topological polar surface area (TPSA) is 60.9 Å². The summed E-state index contributed by atoms with van der Waals surface area (Å²) in [4.78, 5) is 38.3. The molecular weight excluding hydrogens is 282 g/mol. The van der Waals surface area contributed by atoms with E-state index in [4.69, 9.17) is 11.6 Å². The van der Waals surface area contributed by atoms with Crippen LogP contribution in [0, 0.1) is 0 Å². The summed E-state index contributed by atoms with van der Waals surface area (Å²) in [6, 6.07) is 6.68. The number of urea groups is 1. The lowest BCUT2D eigenvalue weighted by Crippen LogP contribution is -2.40. The van der Waals surface area contributed by atoms with E-state index in [2.05, 4.69) is 0 Å². The van der Waals surface area contributed by atoms with E-state index in [9.17, 15) is 14.4 Å². The number of hydrogen-bond acceptors (Lipinski definition) is 4. The van der Waals surface area contributed by atoms with Crippen LogP contribution in [0.3, 0.4) is 0 Å². The van der Waals surface area contributed by atoms with E-state index < -0.39 is 17.8 Å². The SMILES string of the molecule is CN(Cc1ccc(Cl)cc1)CN1C(=O)C(=O)N(C)C1=O. The van der Waals surface area contributed by atoms with Crippen molar-refractivity contribution in [3.63, 3.8) is 0 Å². The highest BCUT2D eigenvalue weighted by atomic mass is 35.5. The Morgan fingerprint density at radius 1 is 1.10 bits per heavy atom. The minimum Gasteiger partial charge on any atom is -0.284 e. The van der Waals surface area contributed by atoms with E-state index in [1.165, 1.54) is 7.05 Å². The molecule has 4 amide bonds. The first-order valence-electron chi connectivity index (χ1n) is 5.96. The van der Waals surface area contributed by atoms with Crippen molar-refractivity contribution in [2.45, 2.75) is 6.54 Å². The van der Waals surface area contributed by atoms with Crippen LogP contribution in [0.15, 0.2) is 24.3 Å². The van der Waals surface area contributed by atoms with Crippen LogP contribution < -0.4 is 0 Å². The summed E-state index contributed by atoms with van der Waals surface area (Å²) < 4.78 is 0. The van der Waals surface area contributed by atoms with Crippen molar-refractivity contribution in [3.8, 4) is 0 Å². The molecule has 1 aromatic rings. The molecule has 1 heterocycles. The van der Waals surface area contributed by atoms with Crippen LogP contribution in [0.2, 0.25) is 5.02 Å². The molecule has 0 radical (unpaired) electrons. The second-order valence-corrected chi connectivity index (χ2v) is 5.10. The Balaban J connectivity index is 2.00. The number of amides is 4. The molecule has 1 aromatic carbocycles. The van der Waals surface area contributed by atoms with Gasteiger partial charge in [0.05, 0.1) is 6.67 Å². The van der Waals surface area contributed by atoms with Gasteiger partial charge in [0.25, 0.3) is 0 Å². The van der Waals surface area contributed by atoms with Gasteiger partial charge in [-0.3, -0.25) is 19.4 Å². The van der Waals surface area contributed by atoms with Crippen LogP contribution in [0.1, 0.15) is 5.56 Å². The smallest absolute Gasteiger partial charge is 0.284 e. The Morgan fingerprint density at radius 3 is 2.20 bits per heavy atom. The quantitative estimate of drug-likeness (QED) is 0.617. The van der Waals surface area contributed by atoms with Crippen molar-refractivity contribution in [2.24, 2.45) is 0 Å². The van der Waals surface area contributed by atoms with Gasteiger partial charge in [0.15, 0.2) is 0 Å². The molecule has 0 aliphatic carbocycles. The molecule has 0 saturated carbocycles. The lowest BCUT2D eigenvalue weighted by atomic mass is 10.2. The predicted molar refractivity (Wildman–Crippen MR) is 72.8 cm³/mol. The van der Waals surface area contributed by atoms with Gasteiger partial charge in [-0.2, -0.15) is 0 Å². The fraction of sp³-hybridized carbons (Fsp3) is 0.308. The maximum Gasteiger partial charge on any atom is 0.335 e. The van der Waals surface area contributed by atoms with Gasteiger partial charge in [-0.25, -0.2) is 9.69 Å². The highest BCUT2D eigenvalue weighted by Crippen LogP contribution is 2.13. The van der Waals surface area contributed by atoms with Gasteiger partial charge in [0, 0.05) is 18.6 Å². The van der Waals surface area contributed by atoms with E-state index >= 15 is 0 Å². The lowest BCUT2D eigenvalue weighted by Gasteiger charge is -2.21. The van der Waals surface area contributed by atoms with Crippen molar-refractivity contribution in [3.05, 3.63) is 34.9 Å². The zero-order chi connectivity index (χ0) is 14.9. The zero-order valence-electron chi connectivity index (χ0n) is 11.2. The standard InChI is InChI=1S/C13H14ClN3O3/c1-15(7-9-3-5-10(14)6-4-9)8-17-12(19)11(18)16(2)13(17)20/h3-6H,7-8H2,1-2H3. The Hall–Kier alpha value is -1.92. The van der Waals surface area contributed by atoms with E-state index in [1.807, 2.05) is 12.1 Å². The molecule has 0 bridgehead atoms. The fourth-order valence-corrected chi connectivity index (χ4v) is 2.06. The maximum atomic E-state index is 11.7. The van der Waals surface area contributed by atoms with Crippen molar-refractivity contribution >= 4 is 29.4 Å². The number of benzene rings is 1. The van der Waals surface area contributed by atoms with Gasteiger partial charge in [0.2, 0.25) is 0 Å². The van der Waals surface area contributed by atoms with Crippen LogP contribution in [0.25, 0.3) is 0 Å². The monoisotopic (exact) mass is 295 g/mol. The third-order valence-electron chi connectivity index (χ3n) is 3.00. The summed E-state index contributed by atoms with van der Waals surface area (Å²) >= 11 is 5.80.